The third-order valence-corrected chi connectivity index (χ3v) is 3.73. The quantitative estimate of drug-likeness (QED) is 0.685. The monoisotopic (exact) mass is 294 g/mol. The molecule has 2 unspecified atom stereocenters. The van der Waals surface area contributed by atoms with Crippen molar-refractivity contribution in [2.45, 2.75) is 12.5 Å². The van der Waals surface area contributed by atoms with Crippen molar-refractivity contribution >= 4 is 5.91 Å². The Kier molecular flexibility index (Phi) is 5.41. The normalized spacial score (nSPS) is 21.1. The predicted molar refractivity (Wildman–Crippen MR) is 78.6 cm³/mol. The standard InChI is InChI=1S/C15H22N2O4/c1-20-13-4-3-5-14(21-2)11(13)6-15(19)17-8-10-7-16-9-12(10)18/h3-5,10,12,16,18H,6-9H2,1-2H3,(H,17,19). The highest BCUT2D eigenvalue weighted by Crippen LogP contribution is 2.28. The fourth-order valence-electron chi connectivity index (χ4n) is 2.50. The molecule has 116 valence electrons. The smallest absolute Gasteiger partial charge is 0.224 e. The molecular weight excluding hydrogens is 272 g/mol. The molecule has 1 aromatic carbocycles. The number of rotatable bonds is 6. The lowest BCUT2D eigenvalue weighted by Crippen LogP contribution is -2.35. The summed E-state index contributed by atoms with van der Waals surface area (Å²) in [6.07, 6.45) is -0.213. The van der Waals surface area contributed by atoms with Crippen LogP contribution in [0.5, 0.6) is 11.5 Å². The molecule has 1 aliphatic heterocycles. The van der Waals surface area contributed by atoms with Gasteiger partial charge in [-0.15, -0.1) is 0 Å². The summed E-state index contributed by atoms with van der Waals surface area (Å²) in [7, 11) is 3.13. The van der Waals surface area contributed by atoms with Gasteiger partial charge in [0.05, 0.1) is 26.7 Å². The topological polar surface area (TPSA) is 79.8 Å². The van der Waals surface area contributed by atoms with Gasteiger partial charge in [0.15, 0.2) is 0 Å². The molecular formula is C15H22N2O4. The van der Waals surface area contributed by atoms with Crippen molar-refractivity contribution in [3.8, 4) is 11.5 Å². The number of aliphatic hydroxyl groups is 1. The van der Waals surface area contributed by atoms with Crippen molar-refractivity contribution in [3.63, 3.8) is 0 Å². The average Bonchev–Trinajstić information content (AvgIpc) is 2.90. The van der Waals surface area contributed by atoms with Gasteiger partial charge in [0.2, 0.25) is 5.91 Å². The number of benzene rings is 1. The van der Waals surface area contributed by atoms with Gasteiger partial charge in [-0.3, -0.25) is 4.79 Å². The van der Waals surface area contributed by atoms with Crippen LogP contribution in [0.3, 0.4) is 0 Å². The minimum atomic E-state index is -0.397. The zero-order valence-corrected chi connectivity index (χ0v) is 12.4. The molecule has 0 radical (unpaired) electrons. The van der Waals surface area contributed by atoms with Crippen LogP contribution in [-0.2, 0) is 11.2 Å². The summed E-state index contributed by atoms with van der Waals surface area (Å²) in [5, 5.41) is 15.6. The van der Waals surface area contributed by atoms with E-state index >= 15 is 0 Å². The van der Waals surface area contributed by atoms with E-state index in [0.29, 0.717) is 24.6 Å². The average molecular weight is 294 g/mol. The van der Waals surface area contributed by atoms with Gasteiger partial charge in [0.25, 0.3) is 0 Å². The maximum absolute atomic E-state index is 12.1. The van der Waals surface area contributed by atoms with Crippen molar-refractivity contribution in [2.75, 3.05) is 33.9 Å². The Bertz CT molecular complexity index is 470. The maximum Gasteiger partial charge on any atom is 0.224 e. The highest BCUT2D eigenvalue weighted by molar-refractivity contribution is 5.80. The van der Waals surface area contributed by atoms with Crippen LogP contribution < -0.4 is 20.1 Å². The number of carbonyl (C=O) groups is 1. The van der Waals surface area contributed by atoms with E-state index in [0.717, 1.165) is 12.1 Å². The minimum Gasteiger partial charge on any atom is -0.496 e. The van der Waals surface area contributed by atoms with Gasteiger partial charge in [-0.1, -0.05) is 6.07 Å². The highest BCUT2D eigenvalue weighted by atomic mass is 16.5. The second-order valence-electron chi connectivity index (χ2n) is 5.11. The van der Waals surface area contributed by atoms with Crippen LogP contribution in [0.4, 0.5) is 0 Å². The zero-order chi connectivity index (χ0) is 15.2. The molecule has 1 fully saturated rings. The van der Waals surface area contributed by atoms with E-state index in [1.165, 1.54) is 0 Å². The molecule has 1 aliphatic rings. The molecule has 2 atom stereocenters. The lowest BCUT2D eigenvalue weighted by molar-refractivity contribution is -0.120. The van der Waals surface area contributed by atoms with E-state index in [1.807, 2.05) is 6.07 Å². The molecule has 0 aliphatic carbocycles. The SMILES string of the molecule is COc1cccc(OC)c1CC(=O)NCC1CNCC1O. The number of carbonyl (C=O) groups excluding carboxylic acids is 1. The van der Waals surface area contributed by atoms with E-state index in [-0.39, 0.29) is 18.2 Å². The summed E-state index contributed by atoms with van der Waals surface area (Å²) in [6.45, 7) is 1.77. The molecule has 1 amide bonds. The summed E-state index contributed by atoms with van der Waals surface area (Å²) in [5.41, 5.74) is 0.727. The third kappa shape index (κ3) is 3.86. The Balaban J connectivity index is 1.96. The van der Waals surface area contributed by atoms with Crippen LogP contribution in [0, 0.1) is 5.92 Å². The number of amides is 1. The first-order valence-electron chi connectivity index (χ1n) is 7.01. The summed E-state index contributed by atoms with van der Waals surface area (Å²) in [6, 6.07) is 5.42. The first-order valence-corrected chi connectivity index (χ1v) is 7.01. The number of β-amino-alcohol motifs (C(OH)–C–C–N with tert-alkyl or cyclic N) is 1. The molecule has 3 N–H and O–H groups in total. The molecule has 6 heteroatoms. The van der Waals surface area contributed by atoms with E-state index in [4.69, 9.17) is 9.47 Å². The van der Waals surface area contributed by atoms with E-state index in [9.17, 15) is 9.90 Å². The van der Waals surface area contributed by atoms with Crippen LogP contribution in [0.2, 0.25) is 0 Å². The minimum absolute atomic E-state index is 0.0634. The molecule has 2 rings (SSSR count). The van der Waals surface area contributed by atoms with Crippen LogP contribution in [0.1, 0.15) is 5.56 Å². The Morgan fingerprint density at radius 1 is 1.33 bits per heavy atom. The van der Waals surface area contributed by atoms with E-state index in [2.05, 4.69) is 10.6 Å². The molecule has 0 spiro atoms. The Hall–Kier alpha value is -1.79. The summed E-state index contributed by atoms with van der Waals surface area (Å²) < 4.78 is 10.5. The van der Waals surface area contributed by atoms with Gasteiger partial charge < -0.3 is 25.2 Å². The van der Waals surface area contributed by atoms with Gasteiger partial charge in [-0.2, -0.15) is 0 Å². The summed E-state index contributed by atoms with van der Waals surface area (Å²) in [5.74, 6) is 1.21. The number of hydrogen-bond acceptors (Lipinski definition) is 5. The molecule has 0 aromatic heterocycles. The van der Waals surface area contributed by atoms with E-state index in [1.54, 1.807) is 26.4 Å². The molecule has 6 nitrogen and oxygen atoms in total. The second-order valence-corrected chi connectivity index (χ2v) is 5.11. The number of aliphatic hydroxyl groups excluding tert-OH is 1. The molecule has 21 heavy (non-hydrogen) atoms. The lowest BCUT2D eigenvalue weighted by Gasteiger charge is -2.16. The zero-order valence-electron chi connectivity index (χ0n) is 12.4. The van der Waals surface area contributed by atoms with Crippen molar-refractivity contribution in [3.05, 3.63) is 23.8 Å². The first kappa shape index (κ1) is 15.6. The lowest BCUT2D eigenvalue weighted by atomic mass is 10.1. The number of methoxy groups -OCH3 is 2. The molecule has 1 saturated heterocycles. The van der Waals surface area contributed by atoms with Crippen LogP contribution in [0.25, 0.3) is 0 Å². The molecule has 1 aromatic rings. The Labute approximate surface area is 124 Å². The second kappa shape index (κ2) is 7.28. The molecule has 0 bridgehead atoms. The Morgan fingerprint density at radius 2 is 2.00 bits per heavy atom. The molecule has 1 heterocycles. The first-order chi connectivity index (χ1) is 10.2. The number of nitrogens with one attached hydrogen (secondary N) is 2. The van der Waals surface area contributed by atoms with Gasteiger partial charge in [-0.25, -0.2) is 0 Å². The van der Waals surface area contributed by atoms with Crippen molar-refractivity contribution in [2.24, 2.45) is 5.92 Å². The van der Waals surface area contributed by atoms with Crippen LogP contribution in [-0.4, -0.2) is 51.0 Å². The summed E-state index contributed by atoms with van der Waals surface area (Å²) in [4.78, 5) is 12.1. The third-order valence-electron chi connectivity index (χ3n) is 3.73. The van der Waals surface area contributed by atoms with E-state index < -0.39 is 6.10 Å². The van der Waals surface area contributed by atoms with Crippen molar-refractivity contribution in [1.29, 1.82) is 0 Å². The van der Waals surface area contributed by atoms with Crippen LogP contribution in [0.15, 0.2) is 18.2 Å². The van der Waals surface area contributed by atoms with Crippen molar-refractivity contribution in [1.82, 2.24) is 10.6 Å². The molecule has 0 saturated carbocycles. The fourth-order valence-corrected chi connectivity index (χ4v) is 2.50. The number of hydrogen-bond donors (Lipinski definition) is 3. The van der Waals surface area contributed by atoms with Gasteiger partial charge in [0.1, 0.15) is 11.5 Å². The maximum atomic E-state index is 12.1. The Morgan fingerprint density at radius 3 is 2.52 bits per heavy atom. The summed E-state index contributed by atoms with van der Waals surface area (Å²) >= 11 is 0. The fraction of sp³-hybridized carbons (Fsp3) is 0.533. The predicted octanol–water partition coefficient (Wildman–Crippen LogP) is -0.0572. The largest absolute Gasteiger partial charge is 0.496 e. The number of ether oxygens (including phenoxy) is 2. The highest BCUT2D eigenvalue weighted by Gasteiger charge is 2.25. The van der Waals surface area contributed by atoms with Crippen molar-refractivity contribution < 1.29 is 19.4 Å². The van der Waals surface area contributed by atoms with Gasteiger partial charge >= 0.3 is 0 Å². The van der Waals surface area contributed by atoms with Gasteiger partial charge in [0, 0.05) is 31.1 Å². The van der Waals surface area contributed by atoms with Crippen LogP contribution >= 0.6 is 0 Å². The van der Waals surface area contributed by atoms with Gasteiger partial charge in [-0.05, 0) is 12.1 Å².